The lowest BCUT2D eigenvalue weighted by Gasteiger charge is -2.22. The van der Waals surface area contributed by atoms with Gasteiger partial charge in [-0.05, 0) is 17.5 Å². The van der Waals surface area contributed by atoms with E-state index in [-0.39, 0.29) is 5.92 Å². The number of hydrogen-bond donors (Lipinski definition) is 0. The minimum atomic E-state index is -1.06. The van der Waals surface area contributed by atoms with Gasteiger partial charge in [0.2, 0.25) is 0 Å². The first kappa shape index (κ1) is 17.3. The fraction of sp³-hybridized carbons (Fsp3) is 0.182. The summed E-state index contributed by atoms with van der Waals surface area (Å²) in [5.41, 5.74) is 1.07. The lowest BCUT2D eigenvalue weighted by Crippen LogP contribution is -2.23. The number of benzene rings is 2. The number of hydrogen-bond acceptors (Lipinski definition) is 2. The first-order valence-electron chi connectivity index (χ1n) is 7.97. The molecule has 0 amide bonds. The number of rotatable bonds is 6. The van der Waals surface area contributed by atoms with Gasteiger partial charge in [0.25, 0.3) is 0 Å². The summed E-state index contributed by atoms with van der Waals surface area (Å²) >= 11 is 0. The Labute approximate surface area is 144 Å². The van der Waals surface area contributed by atoms with Crippen molar-refractivity contribution in [3.05, 3.63) is 83.9 Å². The first-order chi connectivity index (χ1) is 11.7. The molecule has 0 aliphatic heterocycles. The molecule has 24 heavy (non-hydrogen) atoms. The molecule has 0 aromatic heterocycles. The van der Waals surface area contributed by atoms with E-state index >= 15 is 0 Å². The van der Waals surface area contributed by atoms with Crippen LogP contribution in [0.15, 0.2) is 72.8 Å². The smallest absolute Gasteiger partial charge is 0.153 e. The quantitative estimate of drug-likeness (QED) is 0.709. The first-order valence-corrected chi connectivity index (χ1v) is 7.97. The van der Waals surface area contributed by atoms with Crippen molar-refractivity contribution in [1.82, 2.24) is 0 Å². The van der Waals surface area contributed by atoms with Crippen LogP contribution in [0.25, 0.3) is 12.2 Å². The van der Waals surface area contributed by atoms with Gasteiger partial charge in [0.15, 0.2) is 5.41 Å². The molecule has 0 spiro atoms. The molecule has 0 saturated carbocycles. The van der Waals surface area contributed by atoms with Gasteiger partial charge in [0.05, 0.1) is 12.1 Å². The minimum absolute atomic E-state index is 0.173. The summed E-state index contributed by atoms with van der Waals surface area (Å²) in [6.45, 7) is 1.92. The summed E-state index contributed by atoms with van der Waals surface area (Å²) in [5, 5.41) is 19.2. The van der Waals surface area contributed by atoms with Gasteiger partial charge < -0.3 is 0 Å². The van der Waals surface area contributed by atoms with Crippen LogP contribution in [0.3, 0.4) is 0 Å². The Balaban J connectivity index is 2.12. The second-order valence-corrected chi connectivity index (χ2v) is 5.77. The Morgan fingerprint density at radius 3 is 1.88 bits per heavy atom. The van der Waals surface area contributed by atoms with Crippen LogP contribution in [-0.4, -0.2) is 0 Å². The largest absolute Gasteiger partial charge is 0.197 e. The van der Waals surface area contributed by atoms with Crippen molar-refractivity contribution in [3.63, 3.8) is 0 Å². The summed E-state index contributed by atoms with van der Waals surface area (Å²) in [6, 6.07) is 24.2. The normalized spacial score (nSPS) is 12.8. The maximum absolute atomic E-state index is 9.60. The van der Waals surface area contributed by atoms with Gasteiger partial charge >= 0.3 is 0 Å². The molecule has 0 heterocycles. The maximum atomic E-state index is 9.60. The van der Waals surface area contributed by atoms with E-state index in [1.54, 1.807) is 0 Å². The molecule has 2 rings (SSSR count). The van der Waals surface area contributed by atoms with Gasteiger partial charge in [-0.2, -0.15) is 10.5 Å². The summed E-state index contributed by atoms with van der Waals surface area (Å²) in [5.74, 6) is -0.173. The van der Waals surface area contributed by atoms with Crippen LogP contribution in [-0.2, 0) is 0 Å². The lowest BCUT2D eigenvalue weighted by molar-refractivity contribution is 0.413. The van der Waals surface area contributed by atoms with Crippen LogP contribution >= 0.6 is 0 Å². The van der Waals surface area contributed by atoms with Crippen molar-refractivity contribution in [1.29, 1.82) is 10.5 Å². The molecule has 0 aliphatic rings. The molecule has 0 fully saturated rings. The van der Waals surface area contributed by atoms with Crippen molar-refractivity contribution >= 4 is 12.2 Å². The van der Waals surface area contributed by atoms with Crippen LogP contribution in [0.2, 0.25) is 0 Å². The SMILES string of the molecule is CC(/C=C/c1ccccc1)C(C#N)(C#N)C/C=C/c1ccccc1. The van der Waals surface area contributed by atoms with E-state index in [2.05, 4.69) is 12.1 Å². The van der Waals surface area contributed by atoms with E-state index in [0.717, 1.165) is 11.1 Å². The standard InChI is InChI=1S/C22H20N2/c1-19(14-15-21-11-6-3-7-12-21)22(17-23,18-24)16-8-13-20-9-4-2-5-10-20/h2-15,19H,16H2,1H3/b13-8+,15-14+. The monoisotopic (exact) mass is 312 g/mol. The predicted octanol–water partition coefficient (Wildman–Crippen LogP) is 5.47. The van der Waals surface area contributed by atoms with Crippen molar-refractivity contribution in [3.8, 4) is 12.1 Å². The predicted molar refractivity (Wildman–Crippen MR) is 98.4 cm³/mol. The topological polar surface area (TPSA) is 47.6 Å². The Morgan fingerprint density at radius 1 is 0.875 bits per heavy atom. The van der Waals surface area contributed by atoms with E-state index in [9.17, 15) is 10.5 Å². The van der Waals surface area contributed by atoms with Crippen molar-refractivity contribution < 1.29 is 0 Å². The summed E-state index contributed by atoms with van der Waals surface area (Å²) in [6.07, 6.45) is 8.17. The Bertz CT molecular complexity index is 760. The van der Waals surface area contributed by atoms with Gasteiger partial charge in [-0.25, -0.2) is 0 Å². The van der Waals surface area contributed by atoms with Crippen LogP contribution in [0.4, 0.5) is 0 Å². The van der Waals surface area contributed by atoms with Crippen molar-refractivity contribution in [2.24, 2.45) is 11.3 Å². The zero-order valence-electron chi connectivity index (χ0n) is 13.8. The number of nitrogens with zero attached hydrogens (tertiary/aromatic N) is 2. The molecule has 1 unspecified atom stereocenters. The highest BCUT2D eigenvalue weighted by Crippen LogP contribution is 2.32. The number of nitriles is 2. The van der Waals surface area contributed by atoms with Crippen LogP contribution in [0.5, 0.6) is 0 Å². The van der Waals surface area contributed by atoms with Crippen LogP contribution in [0.1, 0.15) is 24.5 Å². The van der Waals surface area contributed by atoms with E-state index in [0.29, 0.717) is 6.42 Å². The molecule has 2 nitrogen and oxygen atoms in total. The van der Waals surface area contributed by atoms with E-state index in [1.807, 2.05) is 91.9 Å². The molecular formula is C22H20N2. The fourth-order valence-electron chi connectivity index (χ4n) is 2.43. The Hall–Kier alpha value is -3.10. The van der Waals surface area contributed by atoms with Crippen molar-refractivity contribution in [2.75, 3.05) is 0 Å². The van der Waals surface area contributed by atoms with E-state index in [4.69, 9.17) is 0 Å². The van der Waals surface area contributed by atoms with Crippen LogP contribution in [0, 0.1) is 34.0 Å². The molecule has 0 radical (unpaired) electrons. The Morgan fingerprint density at radius 2 is 1.38 bits per heavy atom. The molecule has 2 aromatic carbocycles. The minimum Gasteiger partial charge on any atom is -0.197 e. The van der Waals surface area contributed by atoms with Gasteiger partial charge in [-0.1, -0.05) is 91.9 Å². The molecule has 2 heteroatoms. The zero-order chi connectivity index (χ0) is 17.3. The van der Waals surface area contributed by atoms with Crippen LogP contribution < -0.4 is 0 Å². The van der Waals surface area contributed by atoms with Gasteiger partial charge in [-0.3, -0.25) is 0 Å². The third kappa shape index (κ3) is 4.45. The molecule has 0 aliphatic carbocycles. The summed E-state index contributed by atoms with van der Waals surface area (Å²) in [4.78, 5) is 0. The lowest BCUT2D eigenvalue weighted by atomic mass is 9.75. The molecule has 1 atom stereocenters. The molecule has 118 valence electrons. The van der Waals surface area contributed by atoms with Gasteiger partial charge in [-0.15, -0.1) is 0 Å². The van der Waals surface area contributed by atoms with E-state index in [1.165, 1.54) is 0 Å². The average Bonchev–Trinajstić information content (AvgIpc) is 2.65. The van der Waals surface area contributed by atoms with Gasteiger partial charge in [0.1, 0.15) is 0 Å². The highest BCUT2D eigenvalue weighted by atomic mass is 14.4. The van der Waals surface area contributed by atoms with E-state index < -0.39 is 5.41 Å². The average molecular weight is 312 g/mol. The molecule has 2 aromatic rings. The van der Waals surface area contributed by atoms with Crippen molar-refractivity contribution in [2.45, 2.75) is 13.3 Å². The fourth-order valence-corrected chi connectivity index (χ4v) is 2.43. The second kappa shape index (κ2) is 8.51. The third-order valence-corrected chi connectivity index (χ3v) is 4.10. The molecule has 0 bridgehead atoms. The molecule has 0 N–H and O–H groups in total. The zero-order valence-corrected chi connectivity index (χ0v) is 13.8. The molecular weight excluding hydrogens is 292 g/mol. The summed E-state index contributed by atoms with van der Waals surface area (Å²) in [7, 11) is 0. The molecule has 0 saturated heterocycles. The highest BCUT2D eigenvalue weighted by molar-refractivity contribution is 5.51. The summed E-state index contributed by atoms with van der Waals surface area (Å²) < 4.78 is 0. The maximum Gasteiger partial charge on any atom is 0.153 e. The Kier molecular flexibility index (Phi) is 6.12. The van der Waals surface area contributed by atoms with Gasteiger partial charge in [0, 0.05) is 5.92 Å². The highest BCUT2D eigenvalue weighted by Gasteiger charge is 2.34. The number of allylic oxidation sites excluding steroid dienone is 2. The second-order valence-electron chi connectivity index (χ2n) is 5.77. The third-order valence-electron chi connectivity index (χ3n) is 4.10.